The van der Waals surface area contributed by atoms with E-state index in [-0.39, 0.29) is 0 Å². The van der Waals surface area contributed by atoms with Gasteiger partial charge < -0.3 is 9.80 Å². The highest BCUT2D eigenvalue weighted by molar-refractivity contribution is 5.72. The Bertz CT molecular complexity index is 874. The molecule has 0 amide bonds. The fourth-order valence-corrected chi connectivity index (χ4v) is 5.19. The van der Waals surface area contributed by atoms with Crippen molar-refractivity contribution >= 4 is 22.7 Å². The smallest absolute Gasteiger partial charge is 0.0606 e. The topological polar surface area (TPSA) is 35.7 Å². The molecule has 2 N–H and O–H groups in total. The van der Waals surface area contributed by atoms with E-state index in [1.54, 1.807) is 0 Å². The summed E-state index contributed by atoms with van der Waals surface area (Å²) in [4.78, 5) is 4.87. The number of hydrazine groups is 1. The highest BCUT2D eigenvalue weighted by Crippen LogP contribution is 2.32. The van der Waals surface area contributed by atoms with Gasteiger partial charge in [-0.25, -0.2) is 5.84 Å². The van der Waals surface area contributed by atoms with Gasteiger partial charge in [0.05, 0.1) is 11.4 Å². The summed E-state index contributed by atoms with van der Waals surface area (Å²) in [6.07, 6.45) is 13.8. The average Bonchev–Trinajstić information content (AvgIpc) is 2.88. The van der Waals surface area contributed by atoms with Gasteiger partial charge in [-0.05, 0) is 88.6 Å². The SMILES string of the molecule is CCCCCCCCCCCCN(CC)c1ccc(N(N)c2ccc(N(CC)CC)cc2C)c(C)c1. The van der Waals surface area contributed by atoms with Crippen LogP contribution in [-0.4, -0.2) is 26.2 Å². The fourth-order valence-electron chi connectivity index (χ4n) is 5.19. The van der Waals surface area contributed by atoms with Crippen molar-refractivity contribution in [2.24, 2.45) is 5.84 Å². The van der Waals surface area contributed by atoms with Crippen LogP contribution in [0, 0.1) is 13.8 Å². The number of nitrogens with zero attached hydrogens (tertiary/aromatic N) is 3. The summed E-state index contributed by atoms with van der Waals surface area (Å²) in [5.41, 5.74) is 7.08. The molecule has 2 aromatic rings. The zero-order valence-corrected chi connectivity index (χ0v) is 24.3. The Balaban J connectivity index is 1.91. The van der Waals surface area contributed by atoms with E-state index in [4.69, 9.17) is 5.84 Å². The first-order valence-corrected chi connectivity index (χ1v) is 14.7. The van der Waals surface area contributed by atoms with Gasteiger partial charge in [0.1, 0.15) is 0 Å². The minimum atomic E-state index is 1.01. The number of benzene rings is 2. The molecule has 0 bridgehead atoms. The Labute approximate surface area is 222 Å². The molecule has 0 spiro atoms. The van der Waals surface area contributed by atoms with Gasteiger partial charge in [-0.15, -0.1) is 0 Å². The van der Waals surface area contributed by atoms with Gasteiger partial charge in [-0.1, -0.05) is 64.7 Å². The van der Waals surface area contributed by atoms with E-state index < -0.39 is 0 Å². The molecule has 0 radical (unpaired) electrons. The third-order valence-electron chi connectivity index (χ3n) is 7.54. The minimum Gasteiger partial charge on any atom is -0.372 e. The van der Waals surface area contributed by atoms with Gasteiger partial charge in [-0.2, -0.15) is 0 Å². The molecule has 36 heavy (non-hydrogen) atoms. The summed E-state index contributed by atoms with van der Waals surface area (Å²) in [7, 11) is 0. The van der Waals surface area contributed by atoms with Crippen LogP contribution < -0.4 is 20.7 Å². The number of nitrogens with two attached hydrogens (primary N) is 1. The second kappa shape index (κ2) is 16.5. The summed E-state index contributed by atoms with van der Waals surface area (Å²) in [5.74, 6) is 6.65. The van der Waals surface area contributed by atoms with E-state index in [2.05, 4.69) is 87.7 Å². The number of hydrogen-bond donors (Lipinski definition) is 1. The lowest BCUT2D eigenvalue weighted by molar-refractivity contribution is 0.554. The van der Waals surface area contributed by atoms with Gasteiger partial charge in [-0.3, -0.25) is 5.01 Å². The Morgan fingerprint density at radius 3 is 1.39 bits per heavy atom. The summed E-state index contributed by atoms with van der Waals surface area (Å²) < 4.78 is 0. The molecule has 0 heterocycles. The monoisotopic (exact) mass is 494 g/mol. The molecule has 0 aromatic heterocycles. The molecule has 0 fully saturated rings. The second-order valence-corrected chi connectivity index (χ2v) is 10.2. The molecule has 0 aliphatic heterocycles. The summed E-state index contributed by atoms with van der Waals surface area (Å²) in [6.45, 7) is 17.4. The number of unbranched alkanes of at least 4 members (excludes halogenated alkanes) is 9. The second-order valence-electron chi connectivity index (χ2n) is 10.2. The lowest BCUT2D eigenvalue weighted by Gasteiger charge is -2.28. The first kappa shape index (κ1) is 30.0. The first-order valence-electron chi connectivity index (χ1n) is 14.7. The fraction of sp³-hybridized carbons (Fsp3) is 0.625. The van der Waals surface area contributed by atoms with Gasteiger partial charge in [0.25, 0.3) is 0 Å². The van der Waals surface area contributed by atoms with Gasteiger partial charge in [0.15, 0.2) is 0 Å². The van der Waals surface area contributed by atoms with Gasteiger partial charge in [0.2, 0.25) is 0 Å². The molecule has 0 saturated carbocycles. The maximum Gasteiger partial charge on any atom is 0.0606 e. The predicted molar refractivity (Wildman–Crippen MR) is 162 cm³/mol. The van der Waals surface area contributed by atoms with Crippen LogP contribution in [0.5, 0.6) is 0 Å². The van der Waals surface area contributed by atoms with Crippen molar-refractivity contribution in [2.75, 3.05) is 41.0 Å². The Kier molecular flexibility index (Phi) is 13.8. The van der Waals surface area contributed by atoms with Crippen molar-refractivity contribution in [3.63, 3.8) is 0 Å². The normalized spacial score (nSPS) is 11.1. The van der Waals surface area contributed by atoms with Gasteiger partial charge >= 0.3 is 0 Å². The maximum absolute atomic E-state index is 6.65. The number of aryl methyl sites for hydroxylation is 2. The lowest BCUT2D eigenvalue weighted by atomic mass is 10.1. The van der Waals surface area contributed by atoms with E-state index in [1.807, 2.05) is 5.01 Å². The molecule has 4 heteroatoms. The number of rotatable bonds is 18. The highest BCUT2D eigenvalue weighted by atomic mass is 15.4. The molecule has 202 valence electrons. The Morgan fingerprint density at radius 1 is 0.556 bits per heavy atom. The minimum absolute atomic E-state index is 1.01. The van der Waals surface area contributed by atoms with Crippen LogP contribution in [0.2, 0.25) is 0 Å². The Hall–Kier alpha value is -2.20. The zero-order valence-electron chi connectivity index (χ0n) is 24.3. The molecule has 4 nitrogen and oxygen atoms in total. The number of hydrogen-bond acceptors (Lipinski definition) is 4. The van der Waals surface area contributed by atoms with Crippen molar-refractivity contribution in [3.8, 4) is 0 Å². The van der Waals surface area contributed by atoms with Gasteiger partial charge in [0, 0.05) is 37.6 Å². The van der Waals surface area contributed by atoms with Crippen molar-refractivity contribution in [1.82, 2.24) is 0 Å². The molecule has 0 atom stereocenters. The molecular formula is C32H54N4. The van der Waals surface area contributed by atoms with E-state index in [9.17, 15) is 0 Å². The largest absolute Gasteiger partial charge is 0.372 e. The lowest BCUT2D eigenvalue weighted by Crippen LogP contribution is -2.28. The van der Waals surface area contributed by atoms with E-state index in [1.165, 1.54) is 86.7 Å². The van der Waals surface area contributed by atoms with Crippen LogP contribution in [0.4, 0.5) is 22.7 Å². The molecular weight excluding hydrogens is 440 g/mol. The van der Waals surface area contributed by atoms with Crippen LogP contribution in [0.1, 0.15) is 103 Å². The van der Waals surface area contributed by atoms with Crippen LogP contribution in [0.15, 0.2) is 36.4 Å². The third-order valence-corrected chi connectivity index (χ3v) is 7.54. The molecule has 0 saturated heterocycles. The molecule has 0 aliphatic carbocycles. The quantitative estimate of drug-likeness (QED) is 0.127. The van der Waals surface area contributed by atoms with Crippen LogP contribution in [0.3, 0.4) is 0 Å². The number of anilines is 4. The standard InChI is InChI=1S/C32H54N4/c1-7-11-12-13-14-15-16-17-18-19-24-35(10-4)30-21-23-32(28(6)26-30)36(33)31-22-20-29(25-27(31)5)34(8-2)9-3/h20-23,25-26H,7-19,24,33H2,1-6H3. The molecule has 2 rings (SSSR count). The average molecular weight is 495 g/mol. The maximum atomic E-state index is 6.65. The van der Waals surface area contributed by atoms with Crippen LogP contribution in [-0.2, 0) is 0 Å². The van der Waals surface area contributed by atoms with Crippen molar-refractivity contribution in [2.45, 2.75) is 106 Å². The van der Waals surface area contributed by atoms with Crippen molar-refractivity contribution < 1.29 is 0 Å². The Morgan fingerprint density at radius 2 is 0.972 bits per heavy atom. The first-order chi connectivity index (χ1) is 17.5. The van der Waals surface area contributed by atoms with E-state index >= 15 is 0 Å². The van der Waals surface area contributed by atoms with Crippen molar-refractivity contribution in [1.29, 1.82) is 0 Å². The highest BCUT2D eigenvalue weighted by Gasteiger charge is 2.14. The summed E-state index contributed by atoms with van der Waals surface area (Å²) in [6, 6.07) is 13.3. The summed E-state index contributed by atoms with van der Waals surface area (Å²) in [5, 5.41) is 1.85. The predicted octanol–water partition coefficient (Wildman–Crippen LogP) is 8.91. The molecule has 0 aliphatic rings. The summed E-state index contributed by atoms with van der Waals surface area (Å²) >= 11 is 0. The van der Waals surface area contributed by atoms with E-state index in [0.29, 0.717) is 0 Å². The van der Waals surface area contributed by atoms with Crippen molar-refractivity contribution in [3.05, 3.63) is 47.5 Å². The third kappa shape index (κ3) is 9.03. The zero-order chi connectivity index (χ0) is 26.3. The van der Waals surface area contributed by atoms with Crippen LogP contribution >= 0.6 is 0 Å². The molecule has 0 unspecified atom stereocenters. The molecule has 2 aromatic carbocycles. The van der Waals surface area contributed by atoms with E-state index in [0.717, 1.165) is 37.6 Å². The van der Waals surface area contributed by atoms with Crippen LogP contribution in [0.25, 0.3) is 0 Å².